The van der Waals surface area contributed by atoms with Gasteiger partial charge in [-0.3, -0.25) is 4.98 Å². The molecule has 0 unspecified atom stereocenters. The van der Waals surface area contributed by atoms with Gasteiger partial charge in [-0.1, -0.05) is 109 Å². The highest BCUT2D eigenvalue weighted by molar-refractivity contribution is 6.24. The summed E-state index contributed by atoms with van der Waals surface area (Å²) < 4.78 is 13.1. The minimum Gasteiger partial charge on any atom is -0.455 e. The summed E-state index contributed by atoms with van der Waals surface area (Å²) in [6.07, 6.45) is 1.90. The van der Waals surface area contributed by atoms with E-state index in [9.17, 15) is 0 Å². The van der Waals surface area contributed by atoms with E-state index in [0.717, 1.165) is 98.8 Å². The normalized spacial score (nSPS) is 12.2. The van der Waals surface area contributed by atoms with Gasteiger partial charge in [0.15, 0.2) is 0 Å². The summed E-state index contributed by atoms with van der Waals surface area (Å²) in [5.41, 5.74) is 9.16. The van der Waals surface area contributed by atoms with Crippen molar-refractivity contribution in [3.8, 4) is 22.4 Å². The summed E-state index contributed by atoms with van der Waals surface area (Å²) in [6, 6.07) is 48.7. The Balaban J connectivity index is 1.10. The van der Waals surface area contributed by atoms with Crippen LogP contribution in [0, 0.1) is 0 Å². The van der Waals surface area contributed by atoms with E-state index < -0.39 is 0 Å². The second-order valence-electron chi connectivity index (χ2n) is 12.5. The van der Waals surface area contributed by atoms with E-state index >= 15 is 0 Å². The molecule has 11 rings (SSSR count). The van der Waals surface area contributed by atoms with E-state index in [1.54, 1.807) is 0 Å². The number of hydrogen-bond acceptors (Lipinski definition) is 4. The van der Waals surface area contributed by atoms with Gasteiger partial charge in [-0.15, -0.1) is 0 Å². The van der Waals surface area contributed by atoms with Gasteiger partial charge in [0.05, 0.1) is 28.5 Å². The largest absolute Gasteiger partial charge is 0.455 e. The zero-order valence-corrected chi connectivity index (χ0v) is 25.6. The minimum atomic E-state index is 0.838. The van der Waals surface area contributed by atoms with Gasteiger partial charge in [0.1, 0.15) is 22.3 Å². The molecule has 3 heterocycles. The molecule has 4 nitrogen and oxygen atoms in total. The number of benzene rings is 8. The van der Waals surface area contributed by atoms with E-state index in [1.807, 2.05) is 30.5 Å². The molecule has 0 saturated carbocycles. The fourth-order valence-corrected chi connectivity index (χ4v) is 7.62. The van der Waals surface area contributed by atoms with E-state index in [0.29, 0.717) is 0 Å². The number of aromatic nitrogens is 2. The lowest BCUT2D eigenvalue weighted by Crippen LogP contribution is -1.92. The van der Waals surface area contributed by atoms with Crippen molar-refractivity contribution in [2.45, 2.75) is 0 Å². The fraction of sp³-hybridized carbons (Fsp3) is 0. The summed E-state index contributed by atoms with van der Waals surface area (Å²) >= 11 is 0. The molecule has 3 aromatic heterocycles. The minimum absolute atomic E-state index is 0.838. The van der Waals surface area contributed by atoms with Crippen molar-refractivity contribution >= 4 is 87.2 Å². The molecule has 0 spiro atoms. The highest BCUT2D eigenvalue weighted by atomic mass is 16.3. The molecule has 0 atom stereocenters. The Morgan fingerprint density at radius 3 is 1.52 bits per heavy atom. The maximum Gasteiger partial charge on any atom is 0.147 e. The predicted octanol–water partition coefficient (Wildman–Crippen LogP) is 12.2. The molecule has 0 bridgehead atoms. The Labute approximate surface area is 273 Å². The lowest BCUT2D eigenvalue weighted by Gasteiger charge is -2.11. The van der Waals surface area contributed by atoms with Crippen LogP contribution in [-0.4, -0.2) is 9.97 Å². The SMILES string of the molecule is c1ccc2c(c1)oc1c(-c3ccc4cc(-c5cnc6c7ccccc7c7ccccc7c6n5)ccc4c3)c3oc4ccccc4c3cc12. The number of hydrogen-bond donors (Lipinski definition) is 0. The highest BCUT2D eigenvalue weighted by Gasteiger charge is 2.21. The third-order valence-corrected chi connectivity index (χ3v) is 9.86. The van der Waals surface area contributed by atoms with Crippen molar-refractivity contribution in [3.63, 3.8) is 0 Å². The van der Waals surface area contributed by atoms with Crippen LogP contribution in [0.1, 0.15) is 0 Å². The van der Waals surface area contributed by atoms with Gasteiger partial charge < -0.3 is 8.83 Å². The van der Waals surface area contributed by atoms with Crippen molar-refractivity contribution in [2.75, 3.05) is 0 Å². The van der Waals surface area contributed by atoms with Crippen LogP contribution < -0.4 is 0 Å². The summed E-state index contributed by atoms with van der Waals surface area (Å²) in [4.78, 5) is 10.2. The van der Waals surface area contributed by atoms with E-state index in [1.165, 1.54) is 10.8 Å². The Kier molecular flexibility index (Phi) is 5.08. The number of para-hydroxylation sites is 2. The van der Waals surface area contributed by atoms with Crippen molar-refractivity contribution < 1.29 is 8.83 Å². The van der Waals surface area contributed by atoms with Crippen LogP contribution >= 0.6 is 0 Å². The lowest BCUT2D eigenvalue weighted by atomic mass is 9.95. The van der Waals surface area contributed by atoms with E-state index in [-0.39, 0.29) is 0 Å². The Morgan fingerprint density at radius 2 is 0.896 bits per heavy atom. The second kappa shape index (κ2) is 9.50. The first-order valence-corrected chi connectivity index (χ1v) is 16.1. The van der Waals surface area contributed by atoms with Gasteiger partial charge in [-0.25, -0.2) is 4.98 Å². The van der Waals surface area contributed by atoms with Crippen LogP contribution in [0.25, 0.3) is 110 Å². The van der Waals surface area contributed by atoms with Gasteiger partial charge in [0, 0.05) is 37.9 Å². The van der Waals surface area contributed by atoms with Gasteiger partial charge >= 0.3 is 0 Å². The summed E-state index contributed by atoms with van der Waals surface area (Å²) in [7, 11) is 0. The molecule has 0 N–H and O–H groups in total. The van der Waals surface area contributed by atoms with Crippen LogP contribution in [0.4, 0.5) is 0 Å². The third-order valence-electron chi connectivity index (χ3n) is 9.86. The highest BCUT2D eigenvalue weighted by Crippen LogP contribution is 2.45. The zero-order chi connectivity index (χ0) is 31.3. The second-order valence-corrected chi connectivity index (χ2v) is 12.5. The summed E-state index contributed by atoms with van der Waals surface area (Å²) in [5, 5.41) is 11.2. The molecule has 0 amide bonds. The van der Waals surface area contributed by atoms with Crippen molar-refractivity contribution in [2.24, 2.45) is 0 Å². The van der Waals surface area contributed by atoms with Crippen LogP contribution in [0.5, 0.6) is 0 Å². The molecule has 0 aliphatic heterocycles. The monoisotopic (exact) mass is 612 g/mol. The maximum absolute atomic E-state index is 6.55. The molecule has 8 aromatic carbocycles. The Bertz CT molecular complexity index is 3010. The molecular formula is C44H24N2O2. The quantitative estimate of drug-likeness (QED) is 0.182. The molecule has 222 valence electrons. The molecule has 0 radical (unpaired) electrons. The van der Waals surface area contributed by atoms with Crippen LogP contribution in [0.2, 0.25) is 0 Å². The molecule has 0 fully saturated rings. The number of fused-ring (bicyclic) bond motifs is 13. The van der Waals surface area contributed by atoms with Gasteiger partial charge in [0.25, 0.3) is 0 Å². The first-order valence-electron chi connectivity index (χ1n) is 16.1. The van der Waals surface area contributed by atoms with Gasteiger partial charge in [0.2, 0.25) is 0 Å². The third kappa shape index (κ3) is 3.54. The molecule has 0 aliphatic rings. The Hall–Kier alpha value is -6.52. The van der Waals surface area contributed by atoms with E-state index in [4.69, 9.17) is 18.8 Å². The topological polar surface area (TPSA) is 52.1 Å². The first-order chi connectivity index (χ1) is 23.8. The maximum atomic E-state index is 6.55. The molecule has 0 aliphatic carbocycles. The molecular weight excluding hydrogens is 588 g/mol. The van der Waals surface area contributed by atoms with Crippen LogP contribution in [0.3, 0.4) is 0 Å². The predicted molar refractivity (Wildman–Crippen MR) is 197 cm³/mol. The number of nitrogens with zero attached hydrogens (tertiary/aromatic N) is 2. The molecule has 4 heteroatoms. The average Bonchev–Trinajstić information content (AvgIpc) is 3.71. The lowest BCUT2D eigenvalue weighted by molar-refractivity contribution is 0.658. The summed E-state index contributed by atoms with van der Waals surface area (Å²) in [5.74, 6) is 0. The number of furan rings is 2. The standard InChI is InChI=1S/C44H24N2O2/c1-3-13-33-29(9-1)30-10-2-4-14-34(30)42-41(33)45-24-37(46-42)27-19-17-26-22-28(20-18-25(26)21-27)40-43-35(31-11-5-7-15-38(31)47-43)23-36-32-12-6-8-16-39(32)48-44(36)40/h1-24H. The van der Waals surface area contributed by atoms with Gasteiger partial charge in [-0.2, -0.15) is 0 Å². The molecule has 0 saturated heterocycles. The van der Waals surface area contributed by atoms with Crippen LogP contribution in [0.15, 0.2) is 155 Å². The van der Waals surface area contributed by atoms with Crippen molar-refractivity contribution in [1.29, 1.82) is 0 Å². The smallest absolute Gasteiger partial charge is 0.147 e. The summed E-state index contributed by atoms with van der Waals surface area (Å²) in [6.45, 7) is 0. The molecule has 48 heavy (non-hydrogen) atoms. The Morgan fingerprint density at radius 1 is 0.396 bits per heavy atom. The van der Waals surface area contributed by atoms with E-state index in [2.05, 4.69) is 115 Å². The molecule has 11 aromatic rings. The number of rotatable bonds is 2. The van der Waals surface area contributed by atoms with Gasteiger partial charge in [-0.05, 0) is 57.4 Å². The van der Waals surface area contributed by atoms with Crippen molar-refractivity contribution in [3.05, 3.63) is 146 Å². The van der Waals surface area contributed by atoms with Crippen LogP contribution in [-0.2, 0) is 0 Å². The zero-order valence-electron chi connectivity index (χ0n) is 25.6. The van der Waals surface area contributed by atoms with Crippen molar-refractivity contribution in [1.82, 2.24) is 9.97 Å². The fourth-order valence-electron chi connectivity index (χ4n) is 7.62. The first kappa shape index (κ1) is 25.6. The average molecular weight is 613 g/mol.